The Morgan fingerprint density at radius 2 is 1.00 bits per heavy atom. The van der Waals surface area contributed by atoms with Crippen LogP contribution >= 0.6 is 0 Å². The van der Waals surface area contributed by atoms with Gasteiger partial charge in [-0.25, -0.2) is 13.2 Å². The second kappa shape index (κ2) is 10.7. The highest BCUT2D eigenvalue weighted by Gasteiger charge is 2.22. The molecule has 0 N–H and O–H groups in total. The third-order valence-corrected chi connectivity index (χ3v) is 10.2. The maximum atomic E-state index is 16.1. The summed E-state index contributed by atoms with van der Waals surface area (Å²) in [5, 5.41) is 8.87. The molecule has 0 spiro atoms. The van der Waals surface area contributed by atoms with Crippen molar-refractivity contribution < 1.29 is 13.2 Å². The smallest absolute Gasteiger partial charge is 0.131 e. The van der Waals surface area contributed by atoms with Gasteiger partial charge in [0.2, 0.25) is 0 Å². The summed E-state index contributed by atoms with van der Waals surface area (Å²) in [6, 6.07) is 42.0. The summed E-state index contributed by atoms with van der Waals surface area (Å²) in [5.74, 6) is -0.923. The molecule has 0 aliphatic carbocycles. The summed E-state index contributed by atoms with van der Waals surface area (Å²) in [6.45, 7) is 6.59. The van der Waals surface area contributed by atoms with Gasteiger partial charge >= 0.3 is 0 Å². The number of rotatable bonds is 3. The van der Waals surface area contributed by atoms with Crippen LogP contribution in [0.3, 0.4) is 0 Å². The second-order valence-corrected chi connectivity index (χ2v) is 14.1. The van der Waals surface area contributed by atoms with Crippen molar-refractivity contribution in [3.63, 3.8) is 0 Å². The molecule has 0 aromatic heterocycles. The summed E-state index contributed by atoms with van der Waals surface area (Å²) in [6.07, 6.45) is 0. The Labute approximate surface area is 282 Å². The van der Waals surface area contributed by atoms with E-state index >= 15 is 8.78 Å². The molecule has 236 valence electrons. The predicted octanol–water partition coefficient (Wildman–Crippen LogP) is 13.6. The molecule has 0 heterocycles. The van der Waals surface area contributed by atoms with Gasteiger partial charge in [0.25, 0.3) is 0 Å². The van der Waals surface area contributed by atoms with E-state index in [1.165, 1.54) is 23.8 Å². The molecule has 0 fully saturated rings. The van der Waals surface area contributed by atoms with Gasteiger partial charge in [-0.2, -0.15) is 0 Å². The molecule has 9 aromatic carbocycles. The summed E-state index contributed by atoms with van der Waals surface area (Å²) in [5.41, 5.74) is 6.86. The fourth-order valence-corrected chi connectivity index (χ4v) is 7.83. The largest absolute Gasteiger partial charge is 0.207 e. The molecular weight excluding hydrogens is 610 g/mol. The summed E-state index contributed by atoms with van der Waals surface area (Å²) < 4.78 is 45.2. The topological polar surface area (TPSA) is 0 Å². The minimum absolute atomic E-state index is 0.00685. The van der Waals surface area contributed by atoms with E-state index in [0.29, 0.717) is 5.39 Å². The molecule has 0 atom stereocenters. The summed E-state index contributed by atoms with van der Waals surface area (Å²) in [7, 11) is 0. The summed E-state index contributed by atoms with van der Waals surface area (Å²) in [4.78, 5) is 0. The first-order chi connectivity index (χ1) is 23.7. The lowest BCUT2D eigenvalue weighted by Gasteiger charge is -2.22. The molecule has 9 aromatic rings. The van der Waals surface area contributed by atoms with Gasteiger partial charge in [0.15, 0.2) is 0 Å². The van der Waals surface area contributed by atoms with Crippen molar-refractivity contribution >= 4 is 53.9 Å². The highest BCUT2D eigenvalue weighted by molar-refractivity contribution is 6.30. The molecule has 0 saturated heterocycles. The minimum atomic E-state index is -0.315. The van der Waals surface area contributed by atoms with E-state index in [9.17, 15) is 4.39 Å². The highest BCUT2D eigenvalue weighted by atomic mass is 19.1. The summed E-state index contributed by atoms with van der Waals surface area (Å²) >= 11 is 0. The van der Waals surface area contributed by atoms with E-state index in [1.54, 1.807) is 24.3 Å². The molecule has 0 nitrogen and oxygen atoms in total. The van der Waals surface area contributed by atoms with Crippen LogP contribution in [0.2, 0.25) is 0 Å². The zero-order valence-electron chi connectivity index (χ0n) is 27.3. The lowest BCUT2D eigenvalue weighted by Crippen LogP contribution is -2.10. The van der Waals surface area contributed by atoms with Crippen LogP contribution in [-0.4, -0.2) is 0 Å². The molecular formula is C46H31F3. The van der Waals surface area contributed by atoms with E-state index in [1.807, 2.05) is 36.4 Å². The third-order valence-electron chi connectivity index (χ3n) is 10.2. The fourth-order valence-electron chi connectivity index (χ4n) is 7.83. The SMILES string of the molecule is CC(C)(C)c1ccc(-c2c3ccccc3c(-c3ccc4c(F)cc5c(-c6ccc(F)cc6)ccc6ccc3c4c65)c3ccc(F)cc23)cc1. The standard InChI is InChI=1S/C46H31F3/c1-46(2,3)29-14-8-27(9-15-29)42-33-6-4-5-7-34(33)44(37-21-18-31(48)24-39(37)42)35-22-23-38-41(49)25-40-32(26-10-16-30(47)17-11-26)19-12-28-13-20-36(35)45(38)43(28)40/h4-25H,1-3H3. The first-order valence-corrected chi connectivity index (χ1v) is 16.6. The lowest BCUT2D eigenvalue weighted by atomic mass is 9.82. The van der Waals surface area contributed by atoms with Gasteiger partial charge in [-0.05, 0) is 118 Å². The van der Waals surface area contributed by atoms with Gasteiger partial charge in [-0.1, -0.05) is 124 Å². The lowest BCUT2D eigenvalue weighted by molar-refractivity contribution is 0.590. The molecule has 0 saturated carbocycles. The van der Waals surface area contributed by atoms with Crippen LogP contribution in [0.4, 0.5) is 13.2 Å². The second-order valence-electron chi connectivity index (χ2n) is 14.1. The van der Waals surface area contributed by atoms with Crippen molar-refractivity contribution in [1.29, 1.82) is 0 Å². The number of fused-ring (bicyclic) bond motifs is 2. The number of halogens is 3. The fraction of sp³-hybridized carbons (Fsp3) is 0.0870. The van der Waals surface area contributed by atoms with Crippen molar-refractivity contribution in [2.24, 2.45) is 0 Å². The molecule has 0 unspecified atom stereocenters. The van der Waals surface area contributed by atoms with Gasteiger partial charge < -0.3 is 0 Å². The number of hydrogen-bond acceptors (Lipinski definition) is 0. The van der Waals surface area contributed by atoms with E-state index in [4.69, 9.17) is 0 Å². The average molecular weight is 641 g/mol. The van der Waals surface area contributed by atoms with Gasteiger partial charge in [-0.3, -0.25) is 0 Å². The van der Waals surface area contributed by atoms with Crippen molar-refractivity contribution in [2.75, 3.05) is 0 Å². The monoisotopic (exact) mass is 640 g/mol. The van der Waals surface area contributed by atoms with Gasteiger partial charge in [-0.15, -0.1) is 0 Å². The zero-order chi connectivity index (χ0) is 33.6. The Bertz CT molecular complexity index is 2750. The van der Waals surface area contributed by atoms with E-state index in [0.717, 1.165) is 81.9 Å². The first kappa shape index (κ1) is 29.5. The zero-order valence-corrected chi connectivity index (χ0v) is 27.3. The molecule has 0 aliphatic heterocycles. The van der Waals surface area contributed by atoms with Crippen molar-refractivity contribution in [3.8, 4) is 33.4 Å². The van der Waals surface area contributed by atoms with Crippen LogP contribution in [0.15, 0.2) is 133 Å². The average Bonchev–Trinajstić information content (AvgIpc) is 3.10. The van der Waals surface area contributed by atoms with Gasteiger partial charge in [0.05, 0.1) is 0 Å². The quantitative estimate of drug-likeness (QED) is 0.133. The molecule has 3 heteroatoms. The van der Waals surface area contributed by atoms with E-state index in [2.05, 4.69) is 75.4 Å². The normalized spacial score (nSPS) is 12.3. The Kier molecular flexibility index (Phi) is 6.42. The van der Waals surface area contributed by atoms with E-state index in [-0.39, 0.29) is 22.9 Å². The molecule has 0 aliphatic rings. The Morgan fingerprint density at radius 1 is 0.408 bits per heavy atom. The maximum Gasteiger partial charge on any atom is 0.131 e. The van der Waals surface area contributed by atoms with E-state index < -0.39 is 0 Å². The van der Waals surface area contributed by atoms with Crippen LogP contribution in [0.1, 0.15) is 26.3 Å². The number of hydrogen-bond donors (Lipinski definition) is 0. The maximum absolute atomic E-state index is 16.1. The van der Waals surface area contributed by atoms with Gasteiger partial charge in [0.1, 0.15) is 17.5 Å². The third kappa shape index (κ3) is 4.53. The Hall–Kier alpha value is -5.67. The van der Waals surface area contributed by atoms with Crippen LogP contribution in [0, 0.1) is 17.5 Å². The number of benzene rings is 9. The van der Waals surface area contributed by atoms with Crippen LogP contribution in [0.25, 0.3) is 87.2 Å². The Morgan fingerprint density at radius 3 is 1.73 bits per heavy atom. The molecule has 0 amide bonds. The van der Waals surface area contributed by atoms with Gasteiger partial charge in [0, 0.05) is 10.8 Å². The van der Waals surface area contributed by atoms with Crippen molar-refractivity contribution in [3.05, 3.63) is 156 Å². The van der Waals surface area contributed by atoms with Crippen LogP contribution < -0.4 is 0 Å². The minimum Gasteiger partial charge on any atom is -0.207 e. The predicted molar refractivity (Wildman–Crippen MR) is 200 cm³/mol. The van der Waals surface area contributed by atoms with Crippen LogP contribution in [0.5, 0.6) is 0 Å². The molecule has 0 radical (unpaired) electrons. The molecule has 9 rings (SSSR count). The molecule has 0 bridgehead atoms. The first-order valence-electron chi connectivity index (χ1n) is 16.6. The molecule has 49 heavy (non-hydrogen) atoms. The van der Waals surface area contributed by atoms with Crippen molar-refractivity contribution in [2.45, 2.75) is 26.2 Å². The Balaban J connectivity index is 1.38. The van der Waals surface area contributed by atoms with Crippen LogP contribution in [-0.2, 0) is 5.41 Å². The highest BCUT2D eigenvalue weighted by Crippen LogP contribution is 2.48. The van der Waals surface area contributed by atoms with Crippen molar-refractivity contribution in [1.82, 2.24) is 0 Å².